The van der Waals surface area contributed by atoms with Crippen molar-refractivity contribution in [2.24, 2.45) is 5.73 Å². The van der Waals surface area contributed by atoms with Gasteiger partial charge in [0, 0.05) is 25.5 Å². The number of hydrogen-bond acceptors (Lipinski definition) is 1. The third-order valence-electron chi connectivity index (χ3n) is 2.98. The van der Waals surface area contributed by atoms with Crippen LogP contribution in [0.5, 0.6) is 0 Å². The molecule has 2 rings (SSSR count). The average Bonchev–Trinajstić information content (AvgIpc) is 2.71. The van der Waals surface area contributed by atoms with E-state index in [2.05, 4.69) is 55.1 Å². The molecule has 0 aliphatic carbocycles. The summed E-state index contributed by atoms with van der Waals surface area (Å²) in [7, 11) is 0. The van der Waals surface area contributed by atoms with Gasteiger partial charge in [-0.2, -0.15) is 0 Å². The fraction of sp³-hybridized carbons (Fsp3) is 0.286. The summed E-state index contributed by atoms with van der Waals surface area (Å²) in [5.74, 6) is 0. The van der Waals surface area contributed by atoms with Gasteiger partial charge in [-0.15, -0.1) is 0 Å². The van der Waals surface area contributed by atoms with Crippen molar-refractivity contribution in [1.82, 2.24) is 4.57 Å². The zero-order chi connectivity index (χ0) is 11.5. The minimum atomic E-state index is 0.611. The van der Waals surface area contributed by atoms with E-state index in [0.29, 0.717) is 6.54 Å². The molecule has 1 aromatic heterocycles. The quantitative estimate of drug-likeness (QED) is 0.836. The maximum Gasteiger partial charge on any atom is 0.0470 e. The van der Waals surface area contributed by atoms with Gasteiger partial charge in [-0.25, -0.2) is 0 Å². The first-order chi connectivity index (χ1) is 7.69. The van der Waals surface area contributed by atoms with Crippen LogP contribution in [-0.4, -0.2) is 4.57 Å². The summed E-state index contributed by atoms with van der Waals surface area (Å²) in [6.45, 7) is 5.82. The number of hydrogen-bond donors (Lipinski definition) is 1. The lowest BCUT2D eigenvalue weighted by molar-refractivity contribution is 0.800. The van der Waals surface area contributed by atoms with Gasteiger partial charge < -0.3 is 10.3 Å². The standard InChI is InChI=1S/C14H18N2/c1-11-3-4-13(7-12(11)2)9-16-6-5-14(8-15)10-16/h3-7,10H,8-9,15H2,1-2H3. The molecule has 0 aliphatic rings. The summed E-state index contributed by atoms with van der Waals surface area (Å²) in [5.41, 5.74) is 10.8. The number of aryl methyl sites for hydroxylation is 2. The molecule has 1 aromatic carbocycles. The van der Waals surface area contributed by atoms with Crippen molar-refractivity contribution in [3.05, 3.63) is 58.9 Å². The molecule has 0 atom stereocenters. The molecule has 0 radical (unpaired) electrons. The van der Waals surface area contributed by atoms with Crippen LogP contribution in [0.15, 0.2) is 36.7 Å². The molecule has 0 saturated carbocycles. The van der Waals surface area contributed by atoms with Crippen LogP contribution < -0.4 is 5.73 Å². The lowest BCUT2D eigenvalue weighted by Gasteiger charge is -2.06. The summed E-state index contributed by atoms with van der Waals surface area (Å²) in [5, 5.41) is 0. The lowest BCUT2D eigenvalue weighted by Crippen LogP contribution is -1.98. The fourth-order valence-corrected chi connectivity index (χ4v) is 1.82. The third kappa shape index (κ3) is 2.34. The molecule has 0 unspecified atom stereocenters. The van der Waals surface area contributed by atoms with Crippen LogP contribution in [0.1, 0.15) is 22.3 Å². The molecule has 2 aromatic rings. The summed E-state index contributed by atoms with van der Waals surface area (Å²) < 4.78 is 2.17. The van der Waals surface area contributed by atoms with Crippen LogP contribution in [0.4, 0.5) is 0 Å². The van der Waals surface area contributed by atoms with Crippen LogP contribution >= 0.6 is 0 Å². The Bertz CT molecular complexity index is 483. The highest BCUT2D eigenvalue weighted by Crippen LogP contribution is 2.12. The Morgan fingerprint density at radius 3 is 2.50 bits per heavy atom. The topological polar surface area (TPSA) is 30.9 Å². The van der Waals surface area contributed by atoms with Crippen molar-refractivity contribution in [3.63, 3.8) is 0 Å². The molecular formula is C14H18N2. The maximum absolute atomic E-state index is 5.59. The maximum atomic E-state index is 5.59. The second kappa shape index (κ2) is 4.54. The number of aromatic nitrogens is 1. The van der Waals surface area contributed by atoms with E-state index in [1.165, 1.54) is 22.3 Å². The molecule has 2 nitrogen and oxygen atoms in total. The van der Waals surface area contributed by atoms with Crippen molar-refractivity contribution in [1.29, 1.82) is 0 Å². The molecule has 16 heavy (non-hydrogen) atoms. The highest BCUT2D eigenvalue weighted by atomic mass is 14.9. The summed E-state index contributed by atoms with van der Waals surface area (Å²) in [6, 6.07) is 8.68. The molecule has 1 heterocycles. The van der Waals surface area contributed by atoms with Gasteiger partial charge in [-0.3, -0.25) is 0 Å². The summed E-state index contributed by atoms with van der Waals surface area (Å²) >= 11 is 0. The number of rotatable bonds is 3. The van der Waals surface area contributed by atoms with Gasteiger partial charge in [0.1, 0.15) is 0 Å². The molecule has 2 heteroatoms. The highest BCUT2D eigenvalue weighted by molar-refractivity contribution is 5.30. The molecule has 0 fully saturated rings. The Kier molecular flexibility index (Phi) is 3.11. The predicted molar refractivity (Wildman–Crippen MR) is 67.3 cm³/mol. The molecule has 0 saturated heterocycles. The van der Waals surface area contributed by atoms with E-state index in [-0.39, 0.29) is 0 Å². The van der Waals surface area contributed by atoms with Gasteiger partial charge in [0.25, 0.3) is 0 Å². The van der Waals surface area contributed by atoms with E-state index in [4.69, 9.17) is 5.73 Å². The van der Waals surface area contributed by atoms with Gasteiger partial charge in [0.15, 0.2) is 0 Å². The molecule has 84 valence electrons. The number of nitrogens with zero attached hydrogens (tertiary/aromatic N) is 1. The number of benzene rings is 1. The Hall–Kier alpha value is -1.54. The highest BCUT2D eigenvalue weighted by Gasteiger charge is 1.99. The smallest absolute Gasteiger partial charge is 0.0470 e. The van der Waals surface area contributed by atoms with Crippen molar-refractivity contribution in [3.8, 4) is 0 Å². The minimum Gasteiger partial charge on any atom is -0.350 e. The Balaban J connectivity index is 2.17. The van der Waals surface area contributed by atoms with Crippen molar-refractivity contribution in [2.75, 3.05) is 0 Å². The normalized spacial score (nSPS) is 10.7. The number of nitrogens with two attached hydrogens (primary N) is 1. The van der Waals surface area contributed by atoms with Gasteiger partial charge in [-0.05, 0) is 42.2 Å². The van der Waals surface area contributed by atoms with Crippen LogP contribution in [0, 0.1) is 13.8 Å². The predicted octanol–water partition coefficient (Wildman–Crippen LogP) is 2.61. The fourth-order valence-electron chi connectivity index (χ4n) is 1.82. The second-order valence-electron chi connectivity index (χ2n) is 4.31. The van der Waals surface area contributed by atoms with E-state index in [1.54, 1.807) is 0 Å². The summed E-state index contributed by atoms with van der Waals surface area (Å²) in [4.78, 5) is 0. The Labute approximate surface area is 96.7 Å². The van der Waals surface area contributed by atoms with Crippen LogP contribution in [-0.2, 0) is 13.1 Å². The van der Waals surface area contributed by atoms with E-state index in [0.717, 1.165) is 6.54 Å². The zero-order valence-corrected chi connectivity index (χ0v) is 9.90. The first-order valence-electron chi connectivity index (χ1n) is 5.60. The largest absolute Gasteiger partial charge is 0.350 e. The van der Waals surface area contributed by atoms with Gasteiger partial charge in [-0.1, -0.05) is 18.2 Å². The second-order valence-corrected chi connectivity index (χ2v) is 4.31. The van der Waals surface area contributed by atoms with Crippen molar-refractivity contribution < 1.29 is 0 Å². The van der Waals surface area contributed by atoms with Crippen molar-refractivity contribution in [2.45, 2.75) is 26.9 Å². The van der Waals surface area contributed by atoms with E-state index in [1.807, 2.05) is 0 Å². The Morgan fingerprint density at radius 2 is 1.88 bits per heavy atom. The SMILES string of the molecule is Cc1ccc(Cn2ccc(CN)c2)cc1C. The molecule has 0 spiro atoms. The van der Waals surface area contributed by atoms with Gasteiger partial charge >= 0.3 is 0 Å². The average molecular weight is 214 g/mol. The van der Waals surface area contributed by atoms with E-state index >= 15 is 0 Å². The zero-order valence-electron chi connectivity index (χ0n) is 9.90. The third-order valence-corrected chi connectivity index (χ3v) is 2.98. The molecule has 2 N–H and O–H groups in total. The minimum absolute atomic E-state index is 0.611. The Morgan fingerprint density at radius 1 is 1.06 bits per heavy atom. The van der Waals surface area contributed by atoms with Crippen LogP contribution in [0.3, 0.4) is 0 Å². The molecular weight excluding hydrogens is 196 g/mol. The monoisotopic (exact) mass is 214 g/mol. The van der Waals surface area contributed by atoms with Crippen LogP contribution in [0.2, 0.25) is 0 Å². The molecule has 0 bridgehead atoms. The summed E-state index contributed by atoms with van der Waals surface area (Å²) in [6.07, 6.45) is 4.19. The molecule has 0 aliphatic heterocycles. The van der Waals surface area contributed by atoms with Crippen LogP contribution in [0.25, 0.3) is 0 Å². The van der Waals surface area contributed by atoms with E-state index in [9.17, 15) is 0 Å². The lowest BCUT2D eigenvalue weighted by atomic mass is 10.1. The van der Waals surface area contributed by atoms with Crippen molar-refractivity contribution >= 4 is 0 Å². The molecule has 0 amide bonds. The van der Waals surface area contributed by atoms with Gasteiger partial charge in [0.05, 0.1) is 0 Å². The van der Waals surface area contributed by atoms with Gasteiger partial charge in [0.2, 0.25) is 0 Å². The van der Waals surface area contributed by atoms with E-state index < -0.39 is 0 Å². The first kappa shape index (κ1) is 11.0. The first-order valence-corrected chi connectivity index (χ1v) is 5.60.